The molecule has 6 nitrogen and oxygen atoms in total. The third-order valence-corrected chi connectivity index (χ3v) is 3.46. The summed E-state index contributed by atoms with van der Waals surface area (Å²) in [4.78, 5) is 11.8. The molecule has 0 aliphatic rings. The number of carbonyl (C=O) groups is 1. The molecule has 1 aromatic carbocycles. The van der Waals surface area contributed by atoms with Crippen molar-refractivity contribution in [1.82, 2.24) is 15.1 Å². The molecular weight excluding hydrogens is 330 g/mol. The van der Waals surface area contributed by atoms with Crippen molar-refractivity contribution in [2.24, 2.45) is 7.05 Å². The summed E-state index contributed by atoms with van der Waals surface area (Å²) in [5.74, 6) is -1.85. The number of rotatable bonds is 4. The molecule has 124 valence electrons. The SMILES string of the molecule is Cn1cc(C(C)(O)CNC(=O)Nc2c(F)cc(F)cc2Cl)cn1. The Balaban J connectivity index is 2.01. The average molecular weight is 345 g/mol. The third kappa shape index (κ3) is 4.17. The third-order valence-electron chi connectivity index (χ3n) is 3.17. The van der Waals surface area contributed by atoms with Gasteiger partial charge in [0.05, 0.1) is 23.5 Å². The van der Waals surface area contributed by atoms with Crippen molar-refractivity contribution >= 4 is 23.3 Å². The summed E-state index contributed by atoms with van der Waals surface area (Å²) in [6.45, 7) is 1.35. The number of anilines is 1. The van der Waals surface area contributed by atoms with Gasteiger partial charge in [0.15, 0.2) is 5.82 Å². The molecule has 0 aliphatic heterocycles. The van der Waals surface area contributed by atoms with Crippen LogP contribution in [-0.4, -0.2) is 27.5 Å². The maximum atomic E-state index is 13.6. The van der Waals surface area contributed by atoms with Crippen molar-refractivity contribution in [2.45, 2.75) is 12.5 Å². The molecule has 23 heavy (non-hydrogen) atoms. The first kappa shape index (κ1) is 17.2. The van der Waals surface area contributed by atoms with E-state index in [4.69, 9.17) is 11.6 Å². The number of urea groups is 1. The van der Waals surface area contributed by atoms with Gasteiger partial charge < -0.3 is 15.7 Å². The van der Waals surface area contributed by atoms with Crippen LogP contribution in [0.4, 0.5) is 19.3 Å². The normalized spacial score (nSPS) is 13.5. The first-order valence-electron chi connectivity index (χ1n) is 6.60. The second-order valence-corrected chi connectivity index (χ2v) is 5.64. The van der Waals surface area contributed by atoms with E-state index in [0.717, 1.165) is 6.07 Å². The molecule has 0 fully saturated rings. The van der Waals surface area contributed by atoms with Crippen LogP contribution in [0.3, 0.4) is 0 Å². The number of benzene rings is 1. The van der Waals surface area contributed by atoms with Crippen LogP contribution in [0, 0.1) is 11.6 Å². The summed E-state index contributed by atoms with van der Waals surface area (Å²) in [6.07, 6.45) is 3.08. The standard InChI is InChI=1S/C14H15ClF2N4O2/c1-14(23,8-5-19-21(2)6-8)7-18-13(22)20-12-10(15)3-9(16)4-11(12)17/h3-6,23H,7H2,1-2H3,(H2,18,20,22). The second kappa shape index (κ2) is 6.51. The predicted molar refractivity (Wildman–Crippen MR) is 81.2 cm³/mol. The Morgan fingerprint density at radius 3 is 2.74 bits per heavy atom. The fourth-order valence-corrected chi connectivity index (χ4v) is 2.11. The van der Waals surface area contributed by atoms with E-state index in [-0.39, 0.29) is 17.3 Å². The molecule has 0 bridgehead atoms. The Kier molecular flexibility index (Phi) is 4.86. The molecule has 2 rings (SSSR count). The lowest BCUT2D eigenvalue weighted by atomic mass is 10.00. The zero-order valence-corrected chi connectivity index (χ0v) is 13.2. The summed E-state index contributed by atoms with van der Waals surface area (Å²) >= 11 is 5.68. The lowest BCUT2D eigenvalue weighted by Gasteiger charge is -2.22. The number of halogens is 3. The lowest BCUT2D eigenvalue weighted by Crippen LogP contribution is -2.40. The van der Waals surface area contributed by atoms with Gasteiger partial charge in [-0.2, -0.15) is 5.10 Å². The molecule has 3 N–H and O–H groups in total. The Hall–Kier alpha value is -2.19. The van der Waals surface area contributed by atoms with Gasteiger partial charge in [0, 0.05) is 24.9 Å². The van der Waals surface area contributed by atoms with Gasteiger partial charge in [-0.15, -0.1) is 0 Å². The quantitative estimate of drug-likeness (QED) is 0.796. The fraction of sp³-hybridized carbons (Fsp3) is 0.286. The maximum Gasteiger partial charge on any atom is 0.319 e. The number of aryl methyl sites for hydroxylation is 1. The number of carbonyl (C=O) groups excluding carboxylic acids is 1. The minimum Gasteiger partial charge on any atom is -0.383 e. The van der Waals surface area contributed by atoms with Gasteiger partial charge in [-0.25, -0.2) is 13.6 Å². The maximum absolute atomic E-state index is 13.6. The van der Waals surface area contributed by atoms with Crippen LogP contribution < -0.4 is 10.6 Å². The van der Waals surface area contributed by atoms with E-state index in [2.05, 4.69) is 15.7 Å². The highest BCUT2D eigenvalue weighted by atomic mass is 35.5. The molecule has 0 aliphatic carbocycles. The molecule has 0 saturated heterocycles. The average Bonchev–Trinajstić information content (AvgIpc) is 2.88. The largest absolute Gasteiger partial charge is 0.383 e. The Morgan fingerprint density at radius 1 is 1.48 bits per heavy atom. The molecular formula is C14H15ClF2N4O2. The molecule has 0 saturated carbocycles. The number of nitrogens with zero attached hydrogens (tertiary/aromatic N) is 2. The van der Waals surface area contributed by atoms with Gasteiger partial charge in [-0.05, 0) is 13.0 Å². The summed E-state index contributed by atoms with van der Waals surface area (Å²) in [5, 5.41) is 18.6. The highest BCUT2D eigenvalue weighted by molar-refractivity contribution is 6.33. The van der Waals surface area contributed by atoms with E-state index in [1.807, 2.05) is 0 Å². The Morgan fingerprint density at radius 2 is 2.17 bits per heavy atom. The lowest BCUT2D eigenvalue weighted by molar-refractivity contribution is 0.0599. The van der Waals surface area contributed by atoms with Gasteiger partial charge in [-0.3, -0.25) is 4.68 Å². The van der Waals surface area contributed by atoms with E-state index in [9.17, 15) is 18.7 Å². The smallest absolute Gasteiger partial charge is 0.319 e. The number of nitrogens with one attached hydrogen (secondary N) is 2. The molecule has 1 atom stereocenters. The predicted octanol–water partition coefficient (Wildman–Crippen LogP) is 2.38. The van der Waals surface area contributed by atoms with Crippen molar-refractivity contribution in [3.8, 4) is 0 Å². The summed E-state index contributed by atoms with van der Waals surface area (Å²) in [7, 11) is 1.69. The first-order valence-corrected chi connectivity index (χ1v) is 6.98. The van der Waals surface area contributed by atoms with E-state index >= 15 is 0 Å². The van der Waals surface area contributed by atoms with Crippen molar-refractivity contribution in [1.29, 1.82) is 0 Å². The van der Waals surface area contributed by atoms with E-state index in [1.165, 1.54) is 17.8 Å². The zero-order chi connectivity index (χ0) is 17.2. The molecule has 1 heterocycles. The summed E-state index contributed by atoms with van der Waals surface area (Å²) < 4.78 is 28.0. The van der Waals surface area contributed by atoms with Crippen molar-refractivity contribution in [3.63, 3.8) is 0 Å². The van der Waals surface area contributed by atoms with Gasteiger partial charge in [-0.1, -0.05) is 11.6 Å². The van der Waals surface area contributed by atoms with Crippen LogP contribution in [0.2, 0.25) is 5.02 Å². The van der Waals surface area contributed by atoms with Crippen molar-refractivity contribution < 1.29 is 18.7 Å². The molecule has 0 radical (unpaired) electrons. The van der Waals surface area contributed by atoms with E-state index in [1.54, 1.807) is 13.2 Å². The van der Waals surface area contributed by atoms with Gasteiger partial charge in [0.25, 0.3) is 0 Å². The highest BCUT2D eigenvalue weighted by Crippen LogP contribution is 2.26. The van der Waals surface area contributed by atoms with Gasteiger partial charge >= 0.3 is 6.03 Å². The topological polar surface area (TPSA) is 79.2 Å². The Labute approximate surface area is 136 Å². The number of aromatic nitrogens is 2. The van der Waals surface area contributed by atoms with E-state index in [0.29, 0.717) is 11.6 Å². The highest BCUT2D eigenvalue weighted by Gasteiger charge is 2.25. The van der Waals surface area contributed by atoms with Gasteiger partial charge in [0.1, 0.15) is 11.4 Å². The monoisotopic (exact) mass is 344 g/mol. The zero-order valence-electron chi connectivity index (χ0n) is 12.4. The molecule has 1 unspecified atom stereocenters. The van der Waals surface area contributed by atoms with Crippen LogP contribution >= 0.6 is 11.6 Å². The van der Waals surface area contributed by atoms with Crippen molar-refractivity contribution in [2.75, 3.05) is 11.9 Å². The fourth-order valence-electron chi connectivity index (χ4n) is 1.87. The first-order chi connectivity index (χ1) is 10.7. The molecule has 0 spiro atoms. The van der Waals surface area contributed by atoms with Crippen LogP contribution in [0.5, 0.6) is 0 Å². The summed E-state index contributed by atoms with van der Waals surface area (Å²) in [5.41, 5.74) is -1.20. The molecule has 9 heteroatoms. The van der Waals surface area contributed by atoms with E-state index < -0.39 is 23.3 Å². The number of amides is 2. The van der Waals surface area contributed by atoms with Crippen molar-refractivity contribution in [3.05, 3.63) is 46.7 Å². The molecule has 1 aromatic heterocycles. The minimum absolute atomic E-state index is 0.148. The van der Waals surface area contributed by atoms with Gasteiger partial charge in [0.2, 0.25) is 0 Å². The summed E-state index contributed by atoms with van der Waals surface area (Å²) in [6, 6.07) is 0.695. The minimum atomic E-state index is -1.36. The van der Waals surface area contributed by atoms with Crippen LogP contribution in [0.15, 0.2) is 24.5 Å². The van der Waals surface area contributed by atoms with Crippen LogP contribution in [0.1, 0.15) is 12.5 Å². The second-order valence-electron chi connectivity index (χ2n) is 5.23. The van der Waals surface area contributed by atoms with Crippen LogP contribution in [-0.2, 0) is 12.6 Å². The number of hydrogen-bond donors (Lipinski definition) is 3. The molecule has 2 aromatic rings. The molecule has 2 amide bonds. The number of aliphatic hydroxyl groups is 1. The Bertz CT molecular complexity index is 710. The number of hydrogen-bond acceptors (Lipinski definition) is 3. The van der Waals surface area contributed by atoms with Crippen LogP contribution in [0.25, 0.3) is 0 Å².